The molecule has 8 heteroatoms. The van der Waals surface area contributed by atoms with Crippen LogP contribution in [0.15, 0.2) is 51.5 Å². The van der Waals surface area contributed by atoms with E-state index in [9.17, 15) is 13.2 Å². The molecule has 0 radical (unpaired) electrons. The molecule has 1 aliphatic rings. The van der Waals surface area contributed by atoms with E-state index in [-0.39, 0.29) is 17.4 Å². The zero-order valence-corrected chi connectivity index (χ0v) is 15.6. The predicted octanol–water partition coefficient (Wildman–Crippen LogP) is 2.34. The number of sulfone groups is 1. The molecule has 0 saturated carbocycles. The third-order valence-electron chi connectivity index (χ3n) is 4.12. The number of hydrogen-bond acceptors (Lipinski definition) is 7. The number of amidine groups is 1. The van der Waals surface area contributed by atoms with Crippen LogP contribution in [0.1, 0.15) is 13.8 Å². The van der Waals surface area contributed by atoms with Crippen LogP contribution in [0.4, 0.5) is 5.69 Å². The minimum absolute atomic E-state index is 0.217. The lowest BCUT2D eigenvalue weighted by molar-refractivity contribution is -0.138. The third-order valence-corrected chi connectivity index (χ3v) is 5.23. The van der Waals surface area contributed by atoms with E-state index >= 15 is 0 Å². The summed E-state index contributed by atoms with van der Waals surface area (Å²) in [6.45, 7) is 4.12. The van der Waals surface area contributed by atoms with Gasteiger partial charge in [-0.2, -0.15) is 0 Å². The number of nitrogens with zero attached hydrogens (tertiary/aromatic N) is 2. The van der Waals surface area contributed by atoms with Crippen molar-refractivity contribution in [2.75, 3.05) is 24.7 Å². The molecular formula is C18H19N3O4S. The third kappa shape index (κ3) is 3.45. The molecule has 0 saturated heterocycles. The Hall–Kier alpha value is -2.74. The summed E-state index contributed by atoms with van der Waals surface area (Å²) >= 11 is 0. The van der Waals surface area contributed by atoms with E-state index in [4.69, 9.17) is 4.74 Å². The van der Waals surface area contributed by atoms with Gasteiger partial charge >= 0.3 is 5.97 Å². The van der Waals surface area contributed by atoms with Crippen molar-refractivity contribution in [3.63, 3.8) is 0 Å². The summed E-state index contributed by atoms with van der Waals surface area (Å²) in [6, 6.07) is 6.53. The zero-order chi connectivity index (χ0) is 18.9. The summed E-state index contributed by atoms with van der Waals surface area (Å²) in [5, 5.41) is 3.85. The molecule has 1 N–H and O–H groups in total. The lowest BCUT2D eigenvalue weighted by Crippen LogP contribution is -2.14. The van der Waals surface area contributed by atoms with E-state index in [1.807, 2.05) is 0 Å². The van der Waals surface area contributed by atoms with E-state index in [0.717, 1.165) is 6.26 Å². The molecule has 1 aromatic carbocycles. The molecule has 0 aliphatic carbocycles. The highest BCUT2D eigenvalue weighted by Gasteiger charge is 2.23. The summed E-state index contributed by atoms with van der Waals surface area (Å²) in [5.74, 6) is 0.190. The SMILES string of the molecule is CCOC(=O)C1=C(C)C(Nc2ccnc3ccc(S(C)(=O)=O)cc23)=NC1. The highest BCUT2D eigenvalue weighted by molar-refractivity contribution is 7.90. The van der Waals surface area contributed by atoms with Crippen molar-refractivity contribution in [2.24, 2.45) is 4.99 Å². The lowest BCUT2D eigenvalue weighted by Gasteiger charge is -2.11. The number of carbonyl (C=O) groups is 1. The maximum Gasteiger partial charge on any atom is 0.336 e. The first-order valence-electron chi connectivity index (χ1n) is 8.08. The Bertz CT molecular complexity index is 1060. The van der Waals surface area contributed by atoms with Crippen molar-refractivity contribution in [2.45, 2.75) is 18.7 Å². The van der Waals surface area contributed by atoms with Gasteiger partial charge < -0.3 is 10.1 Å². The van der Waals surface area contributed by atoms with Crippen molar-refractivity contribution in [3.05, 3.63) is 41.6 Å². The van der Waals surface area contributed by atoms with Gasteiger partial charge in [-0.3, -0.25) is 9.98 Å². The van der Waals surface area contributed by atoms with Crippen LogP contribution in [0, 0.1) is 0 Å². The van der Waals surface area contributed by atoms with Gasteiger partial charge in [0.05, 0.1) is 34.8 Å². The minimum Gasteiger partial charge on any atom is -0.463 e. The Kier molecular flexibility index (Phi) is 4.78. The van der Waals surface area contributed by atoms with Gasteiger partial charge in [0, 0.05) is 23.4 Å². The lowest BCUT2D eigenvalue weighted by atomic mass is 10.1. The van der Waals surface area contributed by atoms with Gasteiger partial charge in [0.25, 0.3) is 0 Å². The maximum absolute atomic E-state index is 12.0. The van der Waals surface area contributed by atoms with E-state index in [0.29, 0.717) is 40.2 Å². The molecule has 1 aliphatic heterocycles. The van der Waals surface area contributed by atoms with Crippen molar-refractivity contribution in [3.8, 4) is 0 Å². The largest absolute Gasteiger partial charge is 0.463 e. The predicted molar refractivity (Wildman–Crippen MR) is 100 cm³/mol. The molecule has 2 aromatic rings. The second-order valence-corrected chi connectivity index (χ2v) is 7.94. The fourth-order valence-electron chi connectivity index (χ4n) is 2.70. The first-order chi connectivity index (χ1) is 12.3. The molecule has 0 unspecified atom stereocenters. The molecule has 136 valence electrons. The molecule has 3 rings (SSSR count). The number of nitrogens with one attached hydrogen (secondary N) is 1. The Morgan fingerprint density at radius 3 is 2.77 bits per heavy atom. The fraction of sp³-hybridized carbons (Fsp3) is 0.278. The molecular weight excluding hydrogens is 354 g/mol. The van der Waals surface area contributed by atoms with Crippen LogP contribution in [0.2, 0.25) is 0 Å². The first-order valence-corrected chi connectivity index (χ1v) is 9.98. The van der Waals surface area contributed by atoms with Gasteiger partial charge in [-0.25, -0.2) is 13.2 Å². The van der Waals surface area contributed by atoms with Crippen LogP contribution in [0.25, 0.3) is 10.9 Å². The number of benzene rings is 1. The smallest absolute Gasteiger partial charge is 0.336 e. The van der Waals surface area contributed by atoms with E-state index in [2.05, 4.69) is 15.3 Å². The van der Waals surface area contributed by atoms with Gasteiger partial charge in [-0.05, 0) is 38.1 Å². The van der Waals surface area contributed by atoms with E-state index in [1.54, 1.807) is 38.2 Å². The summed E-state index contributed by atoms with van der Waals surface area (Å²) < 4.78 is 28.7. The highest BCUT2D eigenvalue weighted by Crippen LogP contribution is 2.26. The number of carbonyl (C=O) groups excluding carboxylic acids is 1. The van der Waals surface area contributed by atoms with E-state index in [1.165, 1.54) is 6.07 Å². The topological polar surface area (TPSA) is 97.7 Å². The van der Waals surface area contributed by atoms with Gasteiger partial charge in [-0.1, -0.05) is 0 Å². The van der Waals surface area contributed by atoms with E-state index < -0.39 is 9.84 Å². The summed E-state index contributed by atoms with van der Waals surface area (Å²) in [7, 11) is -3.33. The Morgan fingerprint density at radius 1 is 1.31 bits per heavy atom. The molecule has 0 spiro atoms. The van der Waals surface area contributed by atoms with Gasteiger partial charge in [0.1, 0.15) is 5.84 Å². The summed E-state index contributed by atoms with van der Waals surface area (Å²) in [4.78, 5) is 20.8. The van der Waals surface area contributed by atoms with Gasteiger partial charge in [0.2, 0.25) is 0 Å². The second-order valence-electron chi connectivity index (χ2n) is 5.92. The number of aliphatic imine (C=N–C) groups is 1. The average Bonchev–Trinajstić information content (AvgIpc) is 2.95. The molecule has 0 fully saturated rings. The number of esters is 1. The van der Waals surface area contributed by atoms with Gasteiger partial charge in [0.15, 0.2) is 9.84 Å². The quantitative estimate of drug-likeness (QED) is 0.826. The molecule has 7 nitrogen and oxygen atoms in total. The normalized spacial score (nSPS) is 14.5. The number of anilines is 1. The first kappa shape index (κ1) is 18.1. The van der Waals surface area contributed by atoms with Crippen LogP contribution in [-0.2, 0) is 19.4 Å². The number of fused-ring (bicyclic) bond motifs is 1. The van der Waals surface area contributed by atoms with Crippen LogP contribution >= 0.6 is 0 Å². The van der Waals surface area contributed by atoms with Crippen molar-refractivity contribution in [1.82, 2.24) is 4.98 Å². The molecule has 1 aromatic heterocycles. The Balaban J connectivity index is 1.98. The number of ether oxygens (including phenoxy) is 1. The number of pyridine rings is 1. The van der Waals surface area contributed by atoms with Crippen LogP contribution < -0.4 is 5.32 Å². The van der Waals surface area contributed by atoms with Crippen molar-refractivity contribution < 1.29 is 17.9 Å². The number of aromatic nitrogens is 1. The van der Waals surface area contributed by atoms with Crippen LogP contribution in [0.5, 0.6) is 0 Å². The summed E-state index contributed by atoms with van der Waals surface area (Å²) in [6.07, 6.45) is 2.79. The number of rotatable bonds is 4. The minimum atomic E-state index is -3.33. The molecule has 26 heavy (non-hydrogen) atoms. The highest BCUT2D eigenvalue weighted by atomic mass is 32.2. The fourth-order valence-corrected chi connectivity index (χ4v) is 3.35. The average molecular weight is 373 g/mol. The summed E-state index contributed by atoms with van der Waals surface area (Å²) in [5.41, 5.74) is 2.56. The van der Waals surface area contributed by atoms with Crippen molar-refractivity contribution >= 4 is 38.2 Å². The second kappa shape index (κ2) is 6.87. The monoisotopic (exact) mass is 373 g/mol. The standard InChI is InChI=1S/C18H19N3O4S/c1-4-25-18(22)14-10-20-17(11(14)2)21-16-7-8-19-15-6-5-12(9-13(15)16)26(3,23)24/h5-9H,4,10H2,1-3H3,(H,19,20,21). The van der Waals surface area contributed by atoms with Crippen LogP contribution in [-0.4, -0.2) is 44.6 Å². The maximum atomic E-state index is 12.0. The Labute approximate surface area is 151 Å². The van der Waals surface area contributed by atoms with Gasteiger partial charge in [-0.15, -0.1) is 0 Å². The molecule has 0 atom stereocenters. The molecule has 0 bridgehead atoms. The molecule has 2 heterocycles. The zero-order valence-electron chi connectivity index (χ0n) is 14.7. The van der Waals surface area contributed by atoms with Crippen LogP contribution in [0.3, 0.4) is 0 Å². The van der Waals surface area contributed by atoms with Crippen molar-refractivity contribution in [1.29, 1.82) is 0 Å². The number of hydrogen-bond donors (Lipinski definition) is 1. The molecule has 0 amide bonds. The Morgan fingerprint density at radius 2 is 2.08 bits per heavy atom.